The van der Waals surface area contributed by atoms with Crippen molar-refractivity contribution in [1.82, 2.24) is 0 Å². The van der Waals surface area contributed by atoms with Crippen LogP contribution >= 0.6 is 21.4 Å². The molecule has 0 N–H and O–H groups in total. The van der Waals surface area contributed by atoms with E-state index >= 15 is 0 Å². The maximum Gasteiger partial charge on any atom is 0.160 e. The van der Waals surface area contributed by atoms with Gasteiger partial charge in [-0.05, 0) is 24.8 Å². The van der Waals surface area contributed by atoms with Gasteiger partial charge in [0, 0.05) is 0 Å². The zero-order chi connectivity index (χ0) is 9.35. The summed E-state index contributed by atoms with van der Waals surface area (Å²) in [6.45, 7) is 0. The van der Waals surface area contributed by atoms with E-state index in [1.807, 2.05) is 18.8 Å². The van der Waals surface area contributed by atoms with Crippen LogP contribution in [0.15, 0.2) is 10.3 Å². The van der Waals surface area contributed by atoms with Crippen molar-refractivity contribution >= 4 is 27.7 Å². The van der Waals surface area contributed by atoms with Gasteiger partial charge in [0.2, 0.25) is 0 Å². The Hall–Kier alpha value is -0.350. The quantitative estimate of drug-likeness (QED) is 0.680. The first-order valence-electron chi connectivity index (χ1n) is 3.38. The Kier molecular flexibility index (Phi) is 2.58. The van der Waals surface area contributed by atoms with Gasteiger partial charge in [-0.2, -0.15) is 0 Å². The zero-order valence-electron chi connectivity index (χ0n) is 7.26. The van der Waals surface area contributed by atoms with Crippen molar-refractivity contribution in [1.29, 1.82) is 0 Å². The molecule has 4 heteroatoms. The van der Waals surface area contributed by atoms with E-state index < -0.39 is 10.0 Å². The molecular weight excluding hydrogens is 195 g/mol. The maximum absolute atomic E-state index is 13.2. The molecule has 0 unspecified atom stereocenters. The Morgan fingerprint density at radius 3 is 2.33 bits per heavy atom. The third-order valence-electron chi connectivity index (χ3n) is 1.35. The van der Waals surface area contributed by atoms with Gasteiger partial charge < -0.3 is 0 Å². The molecule has 0 fully saturated rings. The number of rotatable bonds is 2. The summed E-state index contributed by atoms with van der Waals surface area (Å²) in [6, 6.07) is 1.31. The molecule has 0 atom stereocenters. The summed E-state index contributed by atoms with van der Waals surface area (Å²) in [5, 5.41) is 0. The molecule has 68 valence electrons. The van der Waals surface area contributed by atoms with Crippen LogP contribution < -0.4 is 0 Å². The molecule has 0 saturated carbocycles. The average molecular weight is 206 g/mol. The monoisotopic (exact) mass is 206 g/mol. The van der Waals surface area contributed by atoms with E-state index in [0.717, 1.165) is 4.21 Å². The van der Waals surface area contributed by atoms with Crippen molar-refractivity contribution in [2.24, 2.45) is 0 Å². The second-order valence-electron chi connectivity index (χ2n) is 3.24. The van der Waals surface area contributed by atoms with Crippen LogP contribution in [0.1, 0.15) is 9.67 Å². The molecule has 0 aliphatic carbocycles. The molecular formula is C8H11FOS2. The minimum atomic E-state index is -1.04. The molecule has 0 aliphatic rings. The van der Waals surface area contributed by atoms with Crippen molar-refractivity contribution < 1.29 is 9.18 Å². The Morgan fingerprint density at radius 1 is 1.50 bits per heavy atom. The highest BCUT2D eigenvalue weighted by Gasteiger charge is 2.17. The summed E-state index contributed by atoms with van der Waals surface area (Å²) >= 11 is 1.26. The highest BCUT2D eigenvalue weighted by Crippen LogP contribution is 2.50. The molecule has 1 nitrogen and oxygen atoms in total. The Bertz CT molecular complexity index is 298. The maximum atomic E-state index is 13.2. The number of hydrogen-bond acceptors (Lipinski definition) is 2. The van der Waals surface area contributed by atoms with Gasteiger partial charge in [-0.1, -0.05) is 0 Å². The molecule has 0 spiro atoms. The topological polar surface area (TPSA) is 17.1 Å². The lowest BCUT2D eigenvalue weighted by Crippen LogP contribution is -1.91. The van der Waals surface area contributed by atoms with Gasteiger partial charge in [-0.25, -0.2) is 14.4 Å². The summed E-state index contributed by atoms with van der Waals surface area (Å²) in [5.74, 6) is -0.232. The minimum Gasteiger partial charge on any atom is -0.297 e. The largest absolute Gasteiger partial charge is 0.297 e. The van der Waals surface area contributed by atoms with E-state index in [1.165, 1.54) is 17.4 Å². The van der Waals surface area contributed by atoms with Crippen LogP contribution in [0.4, 0.5) is 4.39 Å². The molecule has 1 rings (SSSR count). The summed E-state index contributed by atoms with van der Waals surface area (Å²) in [4.78, 5) is 10.8. The molecule has 1 aromatic rings. The van der Waals surface area contributed by atoms with Crippen LogP contribution in [0.25, 0.3) is 0 Å². The van der Waals surface area contributed by atoms with Crippen LogP contribution in [0.3, 0.4) is 0 Å². The fraction of sp³-hybridized carbons (Fsp3) is 0.375. The first kappa shape index (κ1) is 9.74. The molecule has 0 bridgehead atoms. The number of thiophene rings is 1. The van der Waals surface area contributed by atoms with E-state index in [0.29, 0.717) is 11.2 Å². The third kappa shape index (κ3) is 1.87. The van der Waals surface area contributed by atoms with Crippen LogP contribution in [0.2, 0.25) is 0 Å². The van der Waals surface area contributed by atoms with E-state index in [-0.39, 0.29) is 5.82 Å². The first-order valence-corrected chi connectivity index (χ1v) is 7.05. The van der Waals surface area contributed by atoms with Crippen LogP contribution in [0.5, 0.6) is 0 Å². The Labute approximate surface area is 76.9 Å². The predicted octanol–water partition coefficient (Wildman–Crippen LogP) is 2.75. The zero-order valence-corrected chi connectivity index (χ0v) is 8.89. The van der Waals surface area contributed by atoms with E-state index in [1.54, 1.807) is 0 Å². The number of hydrogen-bond donors (Lipinski definition) is 0. The summed E-state index contributed by atoms with van der Waals surface area (Å²) in [7, 11) is -1.04. The summed E-state index contributed by atoms with van der Waals surface area (Å²) < 4.78 is 13.9. The van der Waals surface area contributed by atoms with Gasteiger partial charge in [0.05, 0.1) is 9.09 Å². The lowest BCUT2D eigenvalue weighted by atomic mass is 10.5. The fourth-order valence-corrected chi connectivity index (χ4v) is 3.36. The van der Waals surface area contributed by atoms with Crippen molar-refractivity contribution in [2.75, 3.05) is 18.8 Å². The number of aldehydes is 1. The van der Waals surface area contributed by atoms with Gasteiger partial charge in [-0.3, -0.25) is 4.79 Å². The van der Waals surface area contributed by atoms with Crippen molar-refractivity contribution in [3.05, 3.63) is 16.8 Å². The summed E-state index contributed by atoms with van der Waals surface area (Å²) in [6.07, 6.45) is 6.73. The fourth-order valence-electron chi connectivity index (χ4n) is 0.845. The van der Waals surface area contributed by atoms with Gasteiger partial charge in [0.25, 0.3) is 0 Å². The van der Waals surface area contributed by atoms with Crippen LogP contribution in [0, 0.1) is 5.82 Å². The number of halogens is 1. The van der Waals surface area contributed by atoms with Crippen LogP contribution in [-0.2, 0) is 0 Å². The lowest BCUT2D eigenvalue weighted by molar-refractivity contribution is 0.112. The molecule has 1 heterocycles. The lowest BCUT2D eigenvalue weighted by Gasteiger charge is -2.22. The third-order valence-corrected chi connectivity index (χ3v) is 5.23. The second kappa shape index (κ2) is 3.18. The first-order chi connectivity index (χ1) is 5.45. The normalized spacial score (nSPS) is 13.0. The predicted molar refractivity (Wildman–Crippen MR) is 53.3 cm³/mol. The number of carbonyl (C=O) groups is 1. The Morgan fingerprint density at radius 2 is 2.08 bits per heavy atom. The van der Waals surface area contributed by atoms with Gasteiger partial charge in [0.1, 0.15) is 5.82 Å². The number of carbonyl (C=O) groups excluding carboxylic acids is 1. The Balaban J connectivity index is 3.16. The molecule has 0 radical (unpaired) electrons. The van der Waals surface area contributed by atoms with Crippen molar-refractivity contribution in [2.45, 2.75) is 4.21 Å². The highest BCUT2D eigenvalue weighted by molar-refractivity contribution is 8.33. The SMILES string of the molecule is CS(C)(C)c1sc(C=O)cc1F. The molecule has 0 amide bonds. The molecule has 12 heavy (non-hydrogen) atoms. The molecule has 0 aliphatic heterocycles. The van der Waals surface area contributed by atoms with Crippen molar-refractivity contribution in [3.8, 4) is 0 Å². The van der Waals surface area contributed by atoms with Gasteiger partial charge in [0.15, 0.2) is 6.29 Å². The highest BCUT2D eigenvalue weighted by atomic mass is 32.3. The van der Waals surface area contributed by atoms with E-state index in [2.05, 4.69) is 0 Å². The second-order valence-corrected chi connectivity index (χ2v) is 8.66. The van der Waals surface area contributed by atoms with E-state index in [9.17, 15) is 9.18 Å². The standard InChI is InChI=1S/C8H11FOS2/c1-12(2,3)8-7(9)4-6(5-10)11-8/h4-5H,1-3H3. The van der Waals surface area contributed by atoms with Crippen molar-refractivity contribution in [3.63, 3.8) is 0 Å². The minimum absolute atomic E-state index is 0.232. The molecule has 1 aromatic heterocycles. The van der Waals surface area contributed by atoms with E-state index in [4.69, 9.17) is 0 Å². The molecule has 0 saturated heterocycles. The summed E-state index contributed by atoms with van der Waals surface area (Å²) in [5.41, 5.74) is 0. The average Bonchev–Trinajstić information content (AvgIpc) is 2.29. The van der Waals surface area contributed by atoms with Gasteiger partial charge in [-0.15, -0.1) is 11.3 Å². The van der Waals surface area contributed by atoms with Gasteiger partial charge >= 0.3 is 0 Å². The molecule has 0 aromatic carbocycles. The van der Waals surface area contributed by atoms with Crippen LogP contribution in [-0.4, -0.2) is 25.1 Å². The smallest absolute Gasteiger partial charge is 0.160 e.